The van der Waals surface area contributed by atoms with Crippen LogP contribution in [0.15, 0.2) is 58.8 Å². The van der Waals surface area contributed by atoms with Crippen molar-refractivity contribution in [1.82, 2.24) is 4.31 Å². The van der Waals surface area contributed by atoms with E-state index in [-0.39, 0.29) is 22.9 Å². The van der Waals surface area contributed by atoms with Gasteiger partial charge < -0.3 is 0 Å². The quantitative estimate of drug-likeness (QED) is 0.714. The molecule has 0 aliphatic carbocycles. The second-order valence-corrected chi connectivity index (χ2v) is 10.1. The Balaban J connectivity index is 2.43. The number of nitrogens with zero attached hydrogens (tertiary/aromatic N) is 1. The van der Waals surface area contributed by atoms with E-state index >= 15 is 0 Å². The minimum atomic E-state index is -4.00. The summed E-state index contributed by atoms with van der Waals surface area (Å²) in [7, 11) is -7.93. The fourth-order valence-corrected chi connectivity index (χ4v) is 5.22. The zero-order valence-corrected chi connectivity index (χ0v) is 15.6. The van der Waals surface area contributed by atoms with Crippen molar-refractivity contribution in [3.05, 3.63) is 58.3 Å². The lowest BCUT2D eigenvalue weighted by Crippen LogP contribution is -2.30. The highest BCUT2D eigenvalue weighted by atomic mass is 35.5. The van der Waals surface area contributed by atoms with Crippen molar-refractivity contribution in [1.29, 1.82) is 0 Å². The topological polar surface area (TPSA) is 97.5 Å². The average molecular weight is 407 g/mol. The lowest BCUT2D eigenvalue weighted by Gasteiger charge is -2.20. The Bertz CT molecular complexity index is 952. The first-order valence-electron chi connectivity index (χ1n) is 6.62. The van der Waals surface area contributed by atoms with E-state index in [0.29, 0.717) is 4.34 Å². The van der Waals surface area contributed by atoms with E-state index < -0.39 is 20.0 Å². The van der Waals surface area contributed by atoms with E-state index in [1.165, 1.54) is 39.9 Å². The number of benzene rings is 1. The van der Waals surface area contributed by atoms with Gasteiger partial charge in [-0.05, 0) is 30.3 Å². The first kappa shape index (κ1) is 19.1. The number of halogens is 1. The molecule has 0 saturated carbocycles. The number of rotatable bonds is 7. The smallest absolute Gasteiger partial charge is 0.225 e. The number of sulfonamides is 2. The number of thiophene rings is 1. The van der Waals surface area contributed by atoms with Gasteiger partial charge in [0.25, 0.3) is 0 Å². The van der Waals surface area contributed by atoms with Crippen molar-refractivity contribution in [3.63, 3.8) is 0 Å². The molecule has 0 atom stereocenters. The SMILES string of the molecule is C=CCN(Cc1ccc(Cl)s1)S(=O)(=O)c1cccc(S(N)(=O)=O)c1. The van der Waals surface area contributed by atoms with Gasteiger partial charge in [0.05, 0.1) is 14.1 Å². The zero-order valence-electron chi connectivity index (χ0n) is 12.4. The predicted octanol–water partition coefficient (Wildman–Crippen LogP) is 2.43. The molecule has 0 unspecified atom stereocenters. The van der Waals surface area contributed by atoms with Gasteiger partial charge in [-0.15, -0.1) is 17.9 Å². The highest BCUT2D eigenvalue weighted by Gasteiger charge is 2.25. The minimum Gasteiger partial charge on any atom is -0.225 e. The predicted molar refractivity (Wildman–Crippen MR) is 94.9 cm³/mol. The van der Waals surface area contributed by atoms with Crippen molar-refractivity contribution < 1.29 is 16.8 Å². The number of hydrogen-bond acceptors (Lipinski definition) is 5. The molecule has 1 heterocycles. The third kappa shape index (κ3) is 4.44. The lowest BCUT2D eigenvalue weighted by molar-refractivity contribution is 0.441. The molecule has 1 aromatic heterocycles. The maximum Gasteiger partial charge on any atom is 0.243 e. The number of primary sulfonamides is 1. The third-order valence-electron chi connectivity index (χ3n) is 3.07. The highest BCUT2D eigenvalue weighted by molar-refractivity contribution is 7.90. The van der Waals surface area contributed by atoms with Gasteiger partial charge in [-0.3, -0.25) is 0 Å². The Kier molecular flexibility index (Phi) is 5.84. The van der Waals surface area contributed by atoms with Crippen LogP contribution in [-0.4, -0.2) is 27.7 Å². The molecule has 2 aromatic rings. The summed E-state index contributed by atoms with van der Waals surface area (Å²) >= 11 is 7.14. The summed E-state index contributed by atoms with van der Waals surface area (Å²) in [4.78, 5) is 0.341. The Morgan fingerprint density at radius 2 is 1.83 bits per heavy atom. The molecular formula is C14H15ClN2O4S3. The molecule has 0 radical (unpaired) electrons. The largest absolute Gasteiger partial charge is 0.243 e. The van der Waals surface area contributed by atoms with Gasteiger partial charge in [0.15, 0.2) is 0 Å². The van der Waals surface area contributed by atoms with E-state index in [4.69, 9.17) is 16.7 Å². The molecule has 130 valence electrons. The van der Waals surface area contributed by atoms with Crippen molar-refractivity contribution in [2.24, 2.45) is 5.14 Å². The Hall–Kier alpha value is -1.23. The molecular weight excluding hydrogens is 392 g/mol. The Labute approximate surface area is 150 Å². The van der Waals surface area contributed by atoms with Gasteiger partial charge in [0, 0.05) is 18.0 Å². The summed E-state index contributed by atoms with van der Waals surface area (Å²) in [5.41, 5.74) is 0. The summed E-state index contributed by atoms with van der Waals surface area (Å²) in [6, 6.07) is 8.36. The fraction of sp³-hybridized carbons (Fsp3) is 0.143. The highest BCUT2D eigenvalue weighted by Crippen LogP contribution is 2.26. The van der Waals surface area contributed by atoms with Gasteiger partial charge in [-0.2, -0.15) is 4.31 Å². The van der Waals surface area contributed by atoms with E-state index in [2.05, 4.69) is 6.58 Å². The summed E-state index contributed by atoms with van der Waals surface area (Å²) in [6.45, 7) is 3.74. The molecule has 10 heteroatoms. The molecule has 0 bridgehead atoms. The Morgan fingerprint density at radius 3 is 2.38 bits per heavy atom. The van der Waals surface area contributed by atoms with Crippen LogP contribution in [0.1, 0.15) is 4.88 Å². The molecule has 0 aliphatic rings. The molecule has 24 heavy (non-hydrogen) atoms. The first-order chi connectivity index (χ1) is 11.1. The van der Waals surface area contributed by atoms with E-state index in [1.54, 1.807) is 12.1 Å². The second-order valence-electron chi connectivity index (χ2n) is 4.81. The van der Waals surface area contributed by atoms with Gasteiger partial charge in [0.1, 0.15) is 0 Å². The molecule has 6 nitrogen and oxygen atoms in total. The summed E-state index contributed by atoms with van der Waals surface area (Å²) in [5, 5.41) is 5.06. The number of hydrogen-bond donors (Lipinski definition) is 1. The molecule has 1 aromatic carbocycles. The van der Waals surface area contributed by atoms with Crippen molar-refractivity contribution >= 4 is 43.0 Å². The van der Waals surface area contributed by atoms with Crippen LogP contribution in [0.5, 0.6) is 0 Å². The summed E-state index contributed by atoms with van der Waals surface area (Å²) in [6.07, 6.45) is 1.45. The van der Waals surface area contributed by atoms with Gasteiger partial charge in [0.2, 0.25) is 20.0 Å². The molecule has 0 spiro atoms. The third-order valence-corrected chi connectivity index (χ3v) is 7.00. The van der Waals surface area contributed by atoms with Crippen LogP contribution in [0.4, 0.5) is 0 Å². The molecule has 0 aliphatic heterocycles. The van der Waals surface area contributed by atoms with E-state index in [0.717, 1.165) is 10.9 Å². The zero-order chi connectivity index (χ0) is 18.0. The van der Waals surface area contributed by atoms with Crippen molar-refractivity contribution in [3.8, 4) is 0 Å². The van der Waals surface area contributed by atoms with Crippen LogP contribution in [0, 0.1) is 0 Å². The van der Waals surface area contributed by atoms with E-state index in [9.17, 15) is 16.8 Å². The summed E-state index contributed by atoms with van der Waals surface area (Å²) < 4.78 is 50.3. The Morgan fingerprint density at radius 1 is 1.17 bits per heavy atom. The maximum absolute atomic E-state index is 12.8. The normalized spacial score (nSPS) is 12.5. The molecule has 0 saturated heterocycles. The van der Waals surface area contributed by atoms with Crippen LogP contribution < -0.4 is 5.14 Å². The lowest BCUT2D eigenvalue weighted by atomic mass is 10.4. The van der Waals surface area contributed by atoms with Crippen LogP contribution >= 0.6 is 22.9 Å². The van der Waals surface area contributed by atoms with Gasteiger partial charge >= 0.3 is 0 Å². The monoisotopic (exact) mass is 406 g/mol. The molecule has 0 fully saturated rings. The van der Waals surface area contributed by atoms with Crippen molar-refractivity contribution in [2.75, 3.05) is 6.54 Å². The fourth-order valence-electron chi connectivity index (χ4n) is 1.96. The maximum atomic E-state index is 12.8. The van der Waals surface area contributed by atoms with Crippen LogP contribution in [0.3, 0.4) is 0 Å². The molecule has 2 N–H and O–H groups in total. The molecule has 2 rings (SSSR count). The van der Waals surface area contributed by atoms with Crippen molar-refractivity contribution in [2.45, 2.75) is 16.3 Å². The average Bonchev–Trinajstić information content (AvgIpc) is 2.91. The van der Waals surface area contributed by atoms with Crippen LogP contribution in [0.2, 0.25) is 4.34 Å². The summed E-state index contributed by atoms with van der Waals surface area (Å²) in [5.74, 6) is 0. The van der Waals surface area contributed by atoms with Crippen LogP contribution in [-0.2, 0) is 26.6 Å². The second kappa shape index (κ2) is 7.34. The van der Waals surface area contributed by atoms with Crippen LogP contribution in [0.25, 0.3) is 0 Å². The van der Waals surface area contributed by atoms with Gasteiger partial charge in [-0.25, -0.2) is 22.0 Å². The number of nitrogens with two attached hydrogens (primary N) is 1. The van der Waals surface area contributed by atoms with E-state index in [1.807, 2.05) is 0 Å². The first-order valence-corrected chi connectivity index (χ1v) is 10.8. The minimum absolute atomic E-state index is 0.0669. The standard InChI is InChI=1S/C14H15ClN2O4S3/c1-2-8-17(10-11-6-7-14(15)22-11)24(20,21)13-5-3-4-12(9-13)23(16,18)19/h2-7,9H,1,8,10H2,(H2,16,18,19). The molecule has 0 amide bonds. The van der Waals surface area contributed by atoms with Gasteiger partial charge in [-0.1, -0.05) is 23.7 Å².